The first kappa shape index (κ1) is 14.6. The van der Waals surface area contributed by atoms with Crippen molar-refractivity contribution in [3.05, 3.63) is 30.1 Å². The molecule has 0 spiro atoms. The number of aliphatic hydroxyl groups is 1. The van der Waals surface area contributed by atoms with Crippen LogP contribution in [0.4, 0.5) is 0 Å². The van der Waals surface area contributed by atoms with E-state index in [2.05, 4.69) is 4.98 Å². The number of nitrogens with zero attached hydrogens (tertiary/aromatic N) is 2. The number of carbonyl (C=O) groups excluding carboxylic acids is 1. The molecule has 0 radical (unpaired) electrons. The van der Waals surface area contributed by atoms with Gasteiger partial charge in [-0.2, -0.15) is 0 Å². The lowest BCUT2D eigenvalue weighted by molar-refractivity contribution is -0.137. The summed E-state index contributed by atoms with van der Waals surface area (Å²) in [5.74, 6) is -0.136. The Balaban J connectivity index is 2.50. The van der Waals surface area contributed by atoms with Crippen molar-refractivity contribution in [1.29, 1.82) is 0 Å². The molecule has 0 saturated heterocycles. The first-order valence-electron chi connectivity index (χ1n) is 6.31. The zero-order chi connectivity index (χ0) is 13.5. The van der Waals surface area contributed by atoms with Gasteiger partial charge < -0.3 is 10.0 Å². The molecule has 18 heavy (non-hydrogen) atoms. The second-order valence-corrected chi connectivity index (χ2v) is 4.90. The molecular weight excluding hydrogens is 228 g/mol. The first-order chi connectivity index (χ1) is 8.56. The number of amides is 1. The maximum Gasteiger partial charge on any atom is 0.228 e. The minimum Gasteiger partial charge on any atom is -0.396 e. The summed E-state index contributed by atoms with van der Waals surface area (Å²) < 4.78 is 0. The van der Waals surface area contributed by atoms with E-state index in [1.807, 2.05) is 32.2 Å². The number of likely N-dealkylation sites (N-methyl/N-ethyl adjacent to an activating group) is 1. The quantitative estimate of drug-likeness (QED) is 0.829. The lowest BCUT2D eigenvalue weighted by atomic mass is 9.95. The maximum atomic E-state index is 12.1. The van der Waals surface area contributed by atoms with Crippen LogP contribution in [0.25, 0.3) is 0 Å². The summed E-state index contributed by atoms with van der Waals surface area (Å²) in [5, 5.41) is 9.24. The highest BCUT2D eigenvalue weighted by molar-refractivity contribution is 5.78. The summed E-state index contributed by atoms with van der Waals surface area (Å²) in [6.45, 7) is 4.46. The van der Waals surface area contributed by atoms with Gasteiger partial charge in [0.05, 0.1) is 12.5 Å². The maximum absolute atomic E-state index is 12.1. The lowest BCUT2D eigenvalue weighted by Crippen LogP contribution is -2.38. The Morgan fingerprint density at radius 2 is 2.22 bits per heavy atom. The van der Waals surface area contributed by atoms with Crippen molar-refractivity contribution in [1.82, 2.24) is 9.88 Å². The standard InChI is InChI=1S/C14H22N2O2/c1-11(2)13(10-17)14(18)16(3)8-6-12-5-4-7-15-9-12/h4-5,7,9,11,13,17H,6,8,10H2,1-3H3. The molecule has 1 rings (SSSR count). The van der Waals surface area contributed by atoms with E-state index in [9.17, 15) is 9.90 Å². The number of carbonyl (C=O) groups is 1. The van der Waals surface area contributed by atoms with Gasteiger partial charge in [-0.1, -0.05) is 19.9 Å². The number of hydrogen-bond donors (Lipinski definition) is 1. The third kappa shape index (κ3) is 4.11. The van der Waals surface area contributed by atoms with Crippen molar-refractivity contribution in [2.75, 3.05) is 20.2 Å². The normalized spacial score (nSPS) is 12.5. The van der Waals surface area contributed by atoms with E-state index in [0.717, 1.165) is 12.0 Å². The van der Waals surface area contributed by atoms with Gasteiger partial charge in [-0.3, -0.25) is 9.78 Å². The second kappa shape index (κ2) is 7.11. The fourth-order valence-corrected chi connectivity index (χ4v) is 1.81. The molecule has 0 aliphatic carbocycles. The van der Waals surface area contributed by atoms with Crippen LogP contribution in [0, 0.1) is 11.8 Å². The molecule has 100 valence electrons. The number of pyridine rings is 1. The van der Waals surface area contributed by atoms with Crippen LogP contribution < -0.4 is 0 Å². The highest BCUT2D eigenvalue weighted by Gasteiger charge is 2.24. The minimum atomic E-state index is -0.302. The number of rotatable bonds is 6. The molecule has 4 nitrogen and oxygen atoms in total. The molecule has 1 aromatic rings. The molecular formula is C14H22N2O2. The van der Waals surface area contributed by atoms with E-state index in [-0.39, 0.29) is 24.3 Å². The zero-order valence-corrected chi connectivity index (χ0v) is 11.3. The highest BCUT2D eigenvalue weighted by atomic mass is 16.3. The van der Waals surface area contributed by atoms with Crippen LogP contribution in [0.1, 0.15) is 19.4 Å². The molecule has 1 unspecified atom stereocenters. The van der Waals surface area contributed by atoms with E-state index < -0.39 is 0 Å². The number of aromatic nitrogens is 1. The van der Waals surface area contributed by atoms with Crippen LogP contribution in [0.3, 0.4) is 0 Å². The van der Waals surface area contributed by atoms with Gasteiger partial charge in [0, 0.05) is 26.0 Å². The molecule has 0 aliphatic heterocycles. The van der Waals surface area contributed by atoms with Crippen molar-refractivity contribution in [3.63, 3.8) is 0 Å². The third-order valence-electron chi connectivity index (χ3n) is 3.15. The van der Waals surface area contributed by atoms with Gasteiger partial charge in [0.2, 0.25) is 5.91 Å². The van der Waals surface area contributed by atoms with Gasteiger partial charge in [-0.25, -0.2) is 0 Å². The van der Waals surface area contributed by atoms with Gasteiger partial charge in [0.25, 0.3) is 0 Å². The van der Waals surface area contributed by atoms with Crippen molar-refractivity contribution in [2.45, 2.75) is 20.3 Å². The minimum absolute atomic E-state index is 0.0105. The average molecular weight is 250 g/mol. The summed E-state index contributed by atoms with van der Waals surface area (Å²) >= 11 is 0. The van der Waals surface area contributed by atoms with E-state index in [0.29, 0.717) is 6.54 Å². The highest BCUT2D eigenvalue weighted by Crippen LogP contribution is 2.13. The van der Waals surface area contributed by atoms with Crippen LogP contribution >= 0.6 is 0 Å². The lowest BCUT2D eigenvalue weighted by Gasteiger charge is -2.24. The van der Waals surface area contributed by atoms with E-state index in [1.54, 1.807) is 18.1 Å². The fraction of sp³-hybridized carbons (Fsp3) is 0.571. The number of aliphatic hydroxyl groups excluding tert-OH is 1. The topological polar surface area (TPSA) is 53.4 Å². The predicted octanol–water partition coefficient (Wildman–Crippen LogP) is 1.35. The Morgan fingerprint density at radius 1 is 1.50 bits per heavy atom. The molecule has 0 aromatic carbocycles. The smallest absolute Gasteiger partial charge is 0.228 e. The Bertz CT molecular complexity index is 365. The monoisotopic (exact) mass is 250 g/mol. The van der Waals surface area contributed by atoms with Crippen molar-refractivity contribution >= 4 is 5.91 Å². The number of hydrogen-bond acceptors (Lipinski definition) is 3. The summed E-state index contributed by atoms with van der Waals surface area (Å²) in [4.78, 5) is 17.8. The molecule has 1 N–H and O–H groups in total. The van der Waals surface area contributed by atoms with Gasteiger partial charge in [0.15, 0.2) is 0 Å². The Hall–Kier alpha value is -1.42. The van der Waals surface area contributed by atoms with Crippen LogP contribution in [-0.4, -0.2) is 41.1 Å². The molecule has 0 aliphatic rings. The van der Waals surface area contributed by atoms with Gasteiger partial charge in [-0.15, -0.1) is 0 Å². The van der Waals surface area contributed by atoms with Gasteiger partial charge in [-0.05, 0) is 24.0 Å². The Labute approximate surface area is 109 Å². The van der Waals surface area contributed by atoms with Crippen molar-refractivity contribution in [3.8, 4) is 0 Å². The molecule has 1 aromatic heterocycles. The molecule has 0 bridgehead atoms. The van der Waals surface area contributed by atoms with Crippen LogP contribution in [-0.2, 0) is 11.2 Å². The molecule has 1 heterocycles. The van der Waals surface area contributed by atoms with Gasteiger partial charge in [0.1, 0.15) is 0 Å². The van der Waals surface area contributed by atoms with Crippen LogP contribution in [0.2, 0.25) is 0 Å². The zero-order valence-electron chi connectivity index (χ0n) is 11.3. The van der Waals surface area contributed by atoms with Gasteiger partial charge >= 0.3 is 0 Å². The Morgan fingerprint density at radius 3 is 2.72 bits per heavy atom. The van der Waals surface area contributed by atoms with E-state index in [4.69, 9.17) is 0 Å². The Kier molecular flexibility index (Phi) is 5.78. The largest absolute Gasteiger partial charge is 0.396 e. The second-order valence-electron chi connectivity index (χ2n) is 4.90. The summed E-state index contributed by atoms with van der Waals surface area (Å²) in [6.07, 6.45) is 4.33. The molecule has 0 fully saturated rings. The summed E-state index contributed by atoms with van der Waals surface area (Å²) in [7, 11) is 1.78. The summed E-state index contributed by atoms with van der Waals surface area (Å²) in [6, 6.07) is 3.89. The fourth-order valence-electron chi connectivity index (χ4n) is 1.81. The molecule has 0 saturated carbocycles. The molecule has 4 heteroatoms. The molecule has 1 amide bonds. The predicted molar refractivity (Wildman–Crippen MR) is 71.0 cm³/mol. The van der Waals surface area contributed by atoms with Crippen molar-refractivity contribution in [2.24, 2.45) is 11.8 Å². The van der Waals surface area contributed by atoms with Crippen LogP contribution in [0.15, 0.2) is 24.5 Å². The van der Waals surface area contributed by atoms with E-state index in [1.165, 1.54) is 0 Å². The molecule has 1 atom stereocenters. The average Bonchev–Trinajstić information content (AvgIpc) is 2.37. The van der Waals surface area contributed by atoms with Crippen molar-refractivity contribution < 1.29 is 9.90 Å². The van der Waals surface area contributed by atoms with E-state index >= 15 is 0 Å². The summed E-state index contributed by atoms with van der Waals surface area (Å²) in [5.41, 5.74) is 1.11. The van der Waals surface area contributed by atoms with Crippen LogP contribution in [0.5, 0.6) is 0 Å². The SMILES string of the molecule is CC(C)C(CO)C(=O)N(C)CCc1cccnc1. The first-order valence-corrected chi connectivity index (χ1v) is 6.31. The third-order valence-corrected chi connectivity index (χ3v) is 3.15.